The Balaban J connectivity index is 1.70. The first-order valence-corrected chi connectivity index (χ1v) is 13.7. The van der Waals surface area contributed by atoms with E-state index >= 15 is 0 Å². The van der Waals surface area contributed by atoms with Crippen LogP contribution in [0, 0.1) is 6.92 Å². The second-order valence-corrected chi connectivity index (χ2v) is 9.99. The zero-order valence-electron chi connectivity index (χ0n) is 21.5. The van der Waals surface area contributed by atoms with Gasteiger partial charge >= 0.3 is 5.97 Å². The van der Waals surface area contributed by atoms with Crippen molar-refractivity contribution >= 4 is 45.9 Å². The van der Waals surface area contributed by atoms with Gasteiger partial charge in [-0.2, -0.15) is 0 Å². The van der Waals surface area contributed by atoms with E-state index in [1.807, 2.05) is 42.7 Å². The van der Waals surface area contributed by atoms with Crippen molar-refractivity contribution in [2.24, 2.45) is 5.73 Å². The van der Waals surface area contributed by atoms with Gasteiger partial charge in [0.1, 0.15) is 10.8 Å². The number of carbonyl (C=O) groups is 3. The number of carbonyl (C=O) groups excluding carboxylic acids is 3. The van der Waals surface area contributed by atoms with Crippen molar-refractivity contribution in [3.63, 3.8) is 0 Å². The number of esters is 1. The maximum atomic E-state index is 12.8. The van der Waals surface area contributed by atoms with Crippen molar-refractivity contribution in [3.05, 3.63) is 51.7 Å². The van der Waals surface area contributed by atoms with Gasteiger partial charge in [-0.1, -0.05) is 30.8 Å². The van der Waals surface area contributed by atoms with Gasteiger partial charge in [0.2, 0.25) is 5.91 Å². The summed E-state index contributed by atoms with van der Waals surface area (Å²) < 4.78 is 13.0. The second-order valence-electron chi connectivity index (χ2n) is 8.02. The highest BCUT2D eigenvalue weighted by molar-refractivity contribution is 7.99. The summed E-state index contributed by atoms with van der Waals surface area (Å²) >= 11 is 2.16. The summed E-state index contributed by atoms with van der Waals surface area (Å²) in [6.07, 6.45) is 0.605. The number of ether oxygens (including phenoxy) is 2. The van der Waals surface area contributed by atoms with Crippen LogP contribution in [0.5, 0.6) is 5.75 Å². The van der Waals surface area contributed by atoms with Gasteiger partial charge in [0.15, 0.2) is 17.1 Å². The molecule has 10 nitrogen and oxygen atoms in total. The first-order valence-electron chi connectivity index (χ1n) is 11.9. The van der Waals surface area contributed by atoms with Gasteiger partial charge in [-0.3, -0.25) is 9.59 Å². The van der Waals surface area contributed by atoms with E-state index in [-0.39, 0.29) is 39.8 Å². The standard InChI is InChI=1S/C25H31N5O5S2/c1-6-16-9-11-17(12-10-16)35-15(5)22-28-29-25(30(22)7-2)36-13-18(31)27-23-19(24(33)34-8-3)14(4)20(37-23)21(26)32/h9-12,15H,6-8,13H2,1-5H3,(H2,26,32)(H,27,31). The molecule has 1 atom stereocenters. The third-order valence-electron chi connectivity index (χ3n) is 5.51. The highest BCUT2D eigenvalue weighted by Crippen LogP contribution is 2.34. The molecule has 198 valence electrons. The Morgan fingerprint density at radius 1 is 1.16 bits per heavy atom. The summed E-state index contributed by atoms with van der Waals surface area (Å²) in [6.45, 7) is 9.98. The number of hydrogen-bond acceptors (Lipinski definition) is 9. The van der Waals surface area contributed by atoms with Crippen LogP contribution in [0.25, 0.3) is 0 Å². The monoisotopic (exact) mass is 545 g/mol. The van der Waals surface area contributed by atoms with Crippen LogP contribution in [0.15, 0.2) is 29.4 Å². The third-order valence-corrected chi connectivity index (χ3v) is 7.69. The number of thiophene rings is 1. The molecule has 3 N–H and O–H groups in total. The topological polar surface area (TPSA) is 138 Å². The second kappa shape index (κ2) is 12.7. The molecule has 3 rings (SSSR count). The number of nitrogens with zero attached hydrogens (tertiary/aromatic N) is 3. The van der Waals surface area contributed by atoms with E-state index in [9.17, 15) is 14.4 Å². The minimum atomic E-state index is -0.677. The van der Waals surface area contributed by atoms with Crippen LogP contribution >= 0.6 is 23.1 Å². The van der Waals surface area contributed by atoms with Gasteiger partial charge in [0.05, 0.1) is 22.8 Å². The van der Waals surface area contributed by atoms with Gasteiger partial charge in [0, 0.05) is 6.54 Å². The molecule has 0 bridgehead atoms. The largest absolute Gasteiger partial charge is 0.483 e. The van der Waals surface area contributed by atoms with Crippen LogP contribution in [0.3, 0.4) is 0 Å². The molecule has 37 heavy (non-hydrogen) atoms. The summed E-state index contributed by atoms with van der Waals surface area (Å²) in [5.74, 6) is -0.279. The highest BCUT2D eigenvalue weighted by atomic mass is 32.2. The number of thioether (sulfide) groups is 1. The highest BCUT2D eigenvalue weighted by Gasteiger charge is 2.26. The van der Waals surface area contributed by atoms with Crippen LogP contribution in [-0.2, 0) is 22.5 Å². The van der Waals surface area contributed by atoms with Crippen LogP contribution in [0.4, 0.5) is 5.00 Å². The lowest BCUT2D eigenvalue weighted by Gasteiger charge is -2.16. The predicted molar refractivity (Wildman–Crippen MR) is 143 cm³/mol. The number of anilines is 1. The average molecular weight is 546 g/mol. The molecule has 3 aromatic rings. The van der Waals surface area contributed by atoms with Crippen molar-refractivity contribution < 1.29 is 23.9 Å². The molecule has 2 heterocycles. The van der Waals surface area contributed by atoms with E-state index in [2.05, 4.69) is 22.4 Å². The lowest BCUT2D eigenvalue weighted by Crippen LogP contribution is -2.17. The minimum Gasteiger partial charge on any atom is -0.483 e. The maximum absolute atomic E-state index is 12.8. The normalized spacial score (nSPS) is 11.7. The summed E-state index contributed by atoms with van der Waals surface area (Å²) in [7, 11) is 0. The molecule has 0 spiro atoms. The van der Waals surface area contributed by atoms with E-state index in [1.54, 1.807) is 13.8 Å². The van der Waals surface area contributed by atoms with Crippen LogP contribution in [-0.4, -0.2) is 44.9 Å². The Morgan fingerprint density at radius 3 is 2.46 bits per heavy atom. The van der Waals surface area contributed by atoms with Crippen molar-refractivity contribution in [2.45, 2.75) is 58.8 Å². The van der Waals surface area contributed by atoms with Crippen LogP contribution in [0.2, 0.25) is 0 Å². The first kappa shape index (κ1) is 28.2. The average Bonchev–Trinajstić information content (AvgIpc) is 3.43. The van der Waals surface area contributed by atoms with Gasteiger partial charge in [-0.15, -0.1) is 21.5 Å². The summed E-state index contributed by atoms with van der Waals surface area (Å²) in [4.78, 5) is 37.2. The number of nitrogens with two attached hydrogens (primary N) is 1. The van der Waals surface area contributed by atoms with Crippen LogP contribution < -0.4 is 15.8 Å². The Bertz CT molecular complexity index is 1270. The lowest BCUT2D eigenvalue weighted by atomic mass is 10.1. The smallest absolute Gasteiger partial charge is 0.341 e. The Morgan fingerprint density at radius 2 is 1.86 bits per heavy atom. The fourth-order valence-corrected chi connectivity index (χ4v) is 5.52. The van der Waals surface area contributed by atoms with Crippen molar-refractivity contribution in [2.75, 3.05) is 17.7 Å². The fraction of sp³-hybridized carbons (Fsp3) is 0.400. The zero-order chi connectivity index (χ0) is 27.1. The third kappa shape index (κ3) is 6.69. The summed E-state index contributed by atoms with van der Waals surface area (Å²) in [5, 5.41) is 12.1. The number of aromatic nitrogens is 3. The van der Waals surface area contributed by atoms with Crippen molar-refractivity contribution in [1.82, 2.24) is 14.8 Å². The SMILES string of the molecule is CCOC(=O)c1c(NC(=O)CSc2nnc(C(C)Oc3ccc(CC)cc3)n2CC)sc(C(N)=O)c1C. The minimum absolute atomic E-state index is 0.0109. The molecule has 2 amide bonds. The lowest BCUT2D eigenvalue weighted by molar-refractivity contribution is -0.113. The molecule has 1 unspecified atom stereocenters. The first-order chi connectivity index (χ1) is 17.7. The summed E-state index contributed by atoms with van der Waals surface area (Å²) in [6, 6.07) is 7.92. The van der Waals surface area contributed by atoms with Crippen LogP contribution in [0.1, 0.15) is 70.8 Å². The number of nitrogens with one attached hydrogen (secondary N) is 1. The van der Waals surface area contributed by atoms with Gasteiger partial charge < -0.3 is 25.1 Å². The van der Waals surface area contributed by atoms with E-state index < -0.39 is 11.9 Å². The van der Waals surface area contributed by atoms with E-state index in [1.165, 1.54) is 17.3 Å². The molecular weight excluding hydrogens is 514 g/mol. The Labute approximate surface area is 223 Å². The molecule has 0 saturated heterocycles. The number of hydrogen-bond donors (Lipinski definition) is 2. The Hall–Kier alpha value is -3.38. The number of aryl methyl sites for hydroxylation is 1. The van der Waals surface area contributed by atoms with Gasteiger partial charge in [-0.25, -0.2) is 4.79 Å². The molecular formula is C25H31N5O5S2. The molecule has 0 aliphatic rings. The molecule has 0 saturated carbocycles. The molecule has 0 aliphatic heterocycles. The van der Waals surface area contributed by atoms with Crippen molar-refractivity contribution in [1.29, 1.82) is 0 Å². The molecule has 2 aromatic heterocycles. The predicted octanol–water partition coefficient (Wildman–Crippen LogP) is 4.38. The van der Waals surface area contributed by atoms with Crippen molar-refractivity contribution in [3.8, 4) is 5.75 Å². The molecule has 12 heteroatoms. The maximum Gasteiger partial charge on any atom is 0.341 e. The van der Waals surface area contributed by atoms with E-state index in [4.69, 9.17) is 15.2 Å². The number of rotatable bonds is 12. The zero-order valence-corrected chi connectivity index (χ0v) is 23.1. The fourth-order valence-electron chi connectivity index (χ4n) is 3.64. The molecule has 1 aromatic carbocycles. The van der Waals surface area contributed by atoms with Gasteiger partial charge in [-0.05, 0) is 57.4 Å². The number of amides is 2. The van der Waals surface area contributed by atoms with E-state index in [0.717, 1.165) is 23.5 Å². The quantitative estimate of drug-likeness (QED) is 0.253. The molecule has 0 aliphatic carbocycles. The number of benzene rings is 1. The van der Waals surface area contributed by atoms with E-state index in [0.29, 0.717) is 23.1 Å². The Kier molecular flexibility index (Phi) is 9.70. The van der Waals surface area contributed by atoms with Gasteiger partial charge in [0.25, 0.3) is 5.91 Å². The molecule has 0 radical (unpaired) electrons. The molecule has 0 fully saturated rings. The summed E-state index contributed by atoms with van der Waals surface area (Å²) in [5.41, 5.74) is 7.18. The number of primary amides is 1.